The van der Waals surface area contributed by atoms with Crippen molar-refractivity contribution < 1.29 is 14.3 Å². The molecule has 0 spiro atoms. The van der Waals surface area contributed by atoms with E-state index in [0.717, 1.165) is 28.0 Å². The molecule has 2 aromatic rings. The molecule has 0 radical (unpaired) electrons. The first-order valence-electron chi connectivity index (χ1n) is 6.95. The van der Waals surface area contributed by atoms with Crippen LogP contribution in [0.15, 0.2) is 36.4 Å². The zero-order chi connectivity index (χ0) is 16.1. The normalized spacial score (nSPS) is 9.64. The minimum absolute atomic E-state index is 0.564. The summed E-state index contributed by atoms with van der Waals surface area (Å²) < 4.78 is 10.4. The fourth-order valence-corrected chi connectivity index (χ4v) is 2.24. The number of hydrogen-bond donors (Lipinski definition) is 0. The molecule has 0 heterocycles. The number of ether oxygens (including phenoxy) is 2. The van der Waals surface area contributed by atoms with Crippen LogP contribution < -0.4 is 9.47 Å². The van der Waals surface area contributed by atoms with Gasteiger partial charge in [0, 0.05) is 11.5 Å². The summed E-state index contributed by atoms with van der Waals surface area (Å²) in [6.45, 7) is 5.84. The Kier molecular flexibility index (Phi) is 4.85. The van der Waals surface area contributed by atoms with Gasteiger partial charge in [0.2, 0.25) is 0 Å². The summed E-state index contributed by atoms with van der Waals surface area (Å²) in [7, 11) is 1.60. The Hall–Kier alpha value is -2.73. The topological polar surface area (TPSA) is 35.5 Å². The summed E-state index contributed by atoms with van der Waals surface area (Å²) in [4.78, 5) is 11.9. The van der Waals surface area contributed by atoms with Gasteiger partial charge < -0.3 is 9.47 Å². The third kappa shape index (κ3) is 3.89. The lowest BCUT2D eigenvalue weighted by Crippen LogP contribution is -2.07. The Morgan fingerprint density at radius 1 is 1.00 bits per heavy atom. The number of aryl methyl sites for hydroxylation is 3. The molecule has 0 fully saturated rings. The molecule has 112 valence electrons. The van der Waals surface area contributed by atoms with Gasteiger partial charge in [0.1, 0.15) is 11.5 Å². The first kappa shape index (κ1) is 15.7. The monoisotopic (exact) mass is 294 g/mol. The number of methoxy groups -OCH3 is 1. The molecule has 0 aliphatic carbocycles. The van der Waals surface area contributed by atoms with Crippen molar-refractivity contribution in [2.24, 2.45) is 0 Å². The van der Waals surface area contributed by atoms with Crippen molar-refractivity contribution in [2.75, 3.05) is 7.11 Å². The standard InChI is InChI=1S/C19H18O3/c1-13-11-14(2)19(15(3)12-13)22-18(20)10-7-16-5-8-17(21-4)9-6-16/h5-6,8-9,11-12H,1-4H3. The molecule has 3 nitrogen and oxygen atoms in total. The highest BCUT2D eigenvalue weighted by molar-refractivity contribution is 5.91. The van der Waals surface area contributed by atoms with E-state index in [-0.39, 0.29) is 0 Å². The van der Waals surface area contributed by atoms with Gasteiger partial charge >= 0.3 is 5.97 Å². The van der Waals surface area contributed by atoms with E-state index in [4.69, 9.17) is 9.47 Å². The van der Waals surface area contributed by atoms with E-state index in [0.29, 0.717) is 5.75 Å². The predicted octanol–water partition coefficient (Wildman–Crippen LogP) is 3.58. The summed E-state index contributed by atoms with van der Waals surface area (Å²) in [5.41, 5.74) is 3.73. The van der Waals surface area contributed by atoms with Gasteiger partial charge in [0.25, 0.3) is 0 Å². The first-order chi connectivity index (χ1) is 10.5. The fourth-order valence-electron chi connectivity index (χ4n) is 2.24. The van der Waals surface area contributed by atoms with E-state index in [1.54, 1.807) is 31.4 Å². The fraction of sp³-hybridized carbons (Fsp3) is 0.211. The number of esters is 1. The maximum Gasteiger partial charge on any atom is 0.390 e. The Morgan fingerprint density at radius 3 is 2.14 bits per heavy atom. The first-order valence-corrected chi connectivity index (χ1v) is 6.95. The van der Waals surface area contributed by atoms with Crippen LogP contribution >= 0.6 is 0 Å². The number of carbonyl (C=O) groups excluding carboxylic acids is 1. The van der Waals surface area contributed by atoms with Gasteiger partial charge in [-0.3, -0.25) is 0 Å². The SMILES string of the molecule is COc1ccc(C#CC(=O)Oc2c(C)cc(C)cc2C)cc1. The molecular formula is C19H18O3. The van der Waals surface area contributed by atoms with Gasteiger partial charge in [0.05, 0.1) is 7.11 Å². The van der Waals surface area contributed by atoms with Crippen LogP contribution in [0, 0.1) is 32.6 Å². The molecular weight excluding hydrogens is 276 g/mol. The maximum absolute atomic E-state index is 11.9. The summed E-state index contributed by atoms with van der Waals surface area (Å²) >= 11 is 0. The van der Waals surface area contributed by atoms with Crippen molar-refractivity contribution >= 4 is 5.97 Å². The molecule has 2 aromatic carbocycles. The lowest BCUT2D eigenvalue weighted by molar-refractivity contribution is -0.128. The summed E-state index contributed by atoms with van der Waals surface area (Å²) in [6, 6.07) is 11.1. The van der Waals surface area contributed by atoms with E-state index in [2.05, 4.69) is 11.8 Å². The van der Waals surface area contributed by atoms with Crippen LogP contribution in [0.4, 0.5) is 0 Å². The van der Waals surface area contributed by atoms with E-state index >= 15 is 0 Å². The Morgan fingerprint density at radius 2 is 1.59 bits per heavy atom. The smallest absolute Gasteiger partial charge is 0.390 e. The highest BCUT2D eigenvalue weighted by atomic mass is 16.5. The zero-order valence-electron chi connectivity index (χ0n) is 13.2. The van der Waals surface area contributed by atoms with Gasteiger partial charge in [0.15, 0.2) is 0 Å². The second-order valence-corrected chi connectivity index (χ2v) is 5.10. The summed E-state index contributed by atoms with van der Waals surface area (Å²) in [6.07, 6.45) is 0. The van der Waals surface area contributed by atoms with Crippen LogP contribution in [0.3, 0.4) is 0 Å². The molecule has 0 aliphatic rings. The van der Waals surface area contributed by atoms with Crippen LogP contribution in [0.5, 0.6) is 11.5 Å². The minimum atomic E-state index is -0.564. The second kappa shape index (κ2) is 6.82. The third-order valence-corrected chi connectivity index (χ3v) is 3.20. The number of hydrogen-bond acceptors (Lipinski definition) is 3. The van der Waals surface area contributed by atoms with E-state index < -0.39 is 5.97 Å². The number of benzene rings is 2. The zero-order valence-corrected chi connectivity index (χ0v) is 13.2. The van der Waals surface area contributed by atoms with E-state index in [9.17, 15) is 4.79 Å². The van der Waals surface area contributed by atoms with Crippen LogP contribution in [-0.4, -0.2) is 13.1 Å². The van der Waals surface area contributed by atoms with Crippen LogP contribution in [0.25, 0.3) is 0 Å². The van der Waals surface area contributed by atoms with Gasteiger partial charge in [-0.05, 0) is 56.2 Å². The molecule has 22 heavy (non-hydrogen) atoms. The van der Waals surface area contributed by atoms with E-state index in [1.165, 1.54) is 0 Å². The summed E-state index contributed by atoms with van der Waals surface area (Å²) in [5.74, 6) is 6.06. The average Bonchev–Trinajstić information content (AvgIpc) is 2.49. The summed E-state index contributed by atoms with van der Waals surface area (Å²) in [5, 5.41) is 0. The molecule has 2 rings (SSSR count). The van der Waals surface area contributed by atoms with Gasteiger partial charge in [-0.15, -0.1) is 0 Å². The van der Waals surface area contributed by atoms with Crippen LogP contribution in [0.2, 0.25) is 0 Å². The molecule has 0 saturated carbocycles. The lowest BCUT2D eigenvalue weighted by Gasteiger charge is -2.09. The Labute approximate surface area is 130 Å². The molecule has 0 saturated heterocycles. The molecule has 3 heteroatoms. The molecule has 0 unspecified atom stereocenters. The highest BCUT2D eigenvalue weighted by Crippen LogP contribution is 2.24. The van der Waals surface area contributed by atoms with Gasteiger partial charge in [-0.2, -0.15) is 0 Å². The van der Waals surface area contributed by atoms with Crippen molar-refractivity contribution in [3.8, 4) is 23.3 Å². The van der Waals surface area contributed by atoms with Crippen molar-refractivity contribution in [2.45, 2.75) is 20.8 Å². The molecule has 0 aromatic heterocycles. The van der Waals surface area contributed by atoms with Crippen LogP contribution in [0.1, 0.15) is 22.3 Å². The van der Waals surface area contributed by atoms with Crippen molar-refractivity contribution in [1.29, 1.82) is 0 Å². The van der Waals surface area contributed by atoms with Crippen LogP contribution in [-0.2, 0) is 4.79 Å². The second-order valence-electron chi connectivity index (χ2n) is 5.10. The van der Waals surface area contributed by atoms with Crippen molar-refractivity contribution in [1.82, 2.24) is 0 Å². The Bertz CT molecular complexity index is 723. The predicted molar refractivity (Wildman–Crippen MR) is 86.2 cm³/mol. The highest BCUT2D eigenvalue weighted by Gasteiger charge is 2.08. The molecule has 0 atom stereocenters. The Balaban J connectivity index is 2.12. The van der Waals surface area contributed by atoms with Crippen molar-refractivity contribution in [3.63, 3.8) is 0 Å². The number of carbonyl (C=O) groups is 1. The maximum atomic E-state index is 11.9. The molecule has 0 bridgehead atoms. The molecule has 0 amide bonds. The van der Waals surface area contributed by atoms with Crippen molar-refractivity contribution in [3.05, 3.63) is 58.7 Å². The quantitative estimate of drug-likeness (QED) is 0.482. The minimum Gasteiger partial charge on any atom is -0.497 e. The lowest BCUT2D eigenvalue weighted by atomic mass is 10.1. The van der Waals surface area contributed by atoms with Gasteiger partial charge in [-0.1, -0.05) is 23.6 Å². The third-order valence-electron chi connectivity index (χ3n) is 3.20. The largest absolute Gasteiger partial charge is 0.497 e. The van der Waals surface area contributed by atoms with E-state index in [1.807, 2.05) is 32.9 Å². The van der Waals surface area contributed by atoms with Gasteiger partial charge in [-0.25, -0.2) is 4.79 Å². The molecule has 0 N–H and O–H groups in total. The molecule has 0 aliphatic heterocycles. The average molecular weight is 294 g/mol. The number of rotatable bonds is 2.